The van der Waals surface area contributed by atoms with Gasteiger partial charge in [0.2, 0.25) is 0 Å². The number of benzene rings is 2. The summed E-state index contributed by atoms with van der Waals surface area (Å²) in [6.07, 6.45) is 0. The number of thiazole rings is 1. The highest BCUT2D eigenvalue weighted by Gasteiger charge is 2.23. The second-order valence-corrected chi connectivity index (χ2v) is 8.80. The Labute approximate surface area is 167 Å². The van der Waals surface area contributed by atoms with E-state index in [1.54, 1.807) is 22.7 Å². The summed E-state index contributed by atoms with van der Waals surface area (Å²) < 4.78 is 14.8. The zero-order chi connectivity index (χ0) is 19.4. The number of aromatic nitrogens is 1. The van der Waals surface area contributed by atoms with E-state index < -0.39 is 0 Å². The number of anilines is 1. The Morgan fingerprint density at radius 1 is 1.22 bits per heavy atom. The highest BCUT2D eigenvalue weighted by atomic mass is 32.2. The normalized spacial score (nSPS) is 11.3. The number of hydrogen-bond donors (Lipinski definition) is 1. The van der Waals surface area contributed by atoms with E-state index in [1.165, 1.54) is 22.3 Å². The van der Waals surface area contributed by atoms with Gasteiger partial charge in [-0.3, -0.25) is 9.69 Å². The summed E-state index contributed by atoms with van der Waals surface area (Å²) in [7, 11) is 4.08. The van der Waals surface area contributed by atoms with Gasteiger partial charge in [-0.1, -0.05) is 24.3 Å². The van der Waals surface area contributed by atoms with Gasteiger partial charge in [0.1, 0.15) is 11.3 Å². The van der Waals surface area contributed by atoms with Crippen molar-refractivity contribution in [3.63, 3.8) is 0 Å². The fraction of sp³-hybridized carbons (Fsp3) is 0.300. The molecule has 0 atom stereocenters. The van der Waals surface area contributed by atoms with Crippen LogP contribution in [0.3, 0.4) is 0 Å². The van der Waals surface area contributed by atoms with Crippen LogP contribution in [0.1, 0.15) is 17.3 Å². The number of halogens is 1. The van der Waals surface area contributed by atoms with E-state index in [-0.39, 0.29) is 11.7 Å². The van der Waals surface area contributed by atoms with Gasteiger partial charge in [0.05, 0.1) is 31.9 Å². The van der Waals surface area contributed by atoms with Gasteiger partial charge in [-0.2, -0.15) is 0 Å². The van der Waals surface area contributed by atoms with Crippen molar-refractivity contribution < 1.29 is 14.1 Å². The summed E-state index contributed by atoms with van der Waals surface area (Å²) in [6.45, 7) is 3.39. The summed E-state index contributed by atoms with van der Waals surface area (Å²) in [6, 6.07) is 12.5. The van der Waals surface area contributed by atoms with Gasteiger partial charge in [0.25, 0.3) is 5.91 Å². The number of fused-ring (bicyclic) bond motifs is 1. The Kier molecular flexibility index (Phi) is 6.46. The minimum Gasteiger partial charge on any atom is -0.338 e. The topological polar surface area (TPSA) is 37.6 Å². The predicted molar refractivity (Wildman–Crippen MR) is 112 cm³/mol. The van der Waals surface area contributed by atoms with Crippen LogP contribution < -0.4 is 9.80 Å². The first-order valence-corrected chi connectivity index (χ1v) is 10.7. The van der Waals surface area contributed by atoms with Crippen LogP contribution in [0.25, 0.3) is 10.2 Å². The van der Waals surface area contributed by atoms with E-state index in [0.717, 1.165) is 21.9 Å². The molecule has 142 valence electrons. The van der Waals surface area contributed by atoms with Crippen LogP contribution in [0.15, 0.2) is 47.4 Å². The van der Waals surface area contributed by atoms with Crippen molar-refractivity contribution in [2.75, 3.05) is 37.8 Å². The Bertz CT molecular complexity index is 925. The van der Waals surface area contributed by atoms with Gasteiger partial charge in [-0.15, -0.1) is 11.8 Å². The number of amides is 1. The predicted octanol–water partition coefficient (Wildman–Crippen LogP) is 3.34. The second kappa shape index (κ2) is 8.82. The molecule has 0 aliphatic rings. The van der Waals surface area contributed by atoms with Gasteiger partial charge in [0.15, 0.2) is 5.13 Å². The third-order valence-electron chi connectivity index (χ3n) is 4.08. The first kappa shape index (κ1) is 19.8. The molecule has 0 radical (unpaired) electrons. The van der Waals surface area contributed by atoms with Gasteiger partial charge < -0.3 is 4.90 Å². The minimum atomic E-state index is -0.360. The number of carbonyl (C=O) groups excluding carboxylic acids is 1. The van der Waals surface area contributed by atoms with Gasteiger partial charge in [-0.05, 0) is 42.2 Å². The van der Waals surface area contributed by atoms with Crippen LogP contribution in [0, 0.1) is 5.82 Å². The number of nitrogens with one attached hydrogen (secondary N) is 1. The lowest BCUT2D eigenvalue weighted by molar-refractivity contribution is -0.856. The number of rotatable bonds is 7. The van der Waals surface area contributed by atoms with Crippen LogP contribution in [-0.4, -0.2) is 43.8 Å². The van der Waals surface area contributed by atoms with Crippen molar-refractivity contribution in [1.29, 1.82) is 0 Å². The molecule has 1 aromatic heterocycles. The minimum absolute atomic E-state index is 0.108. The maximum atomic E-state index is 14.1. The molecule has 1 N–H and O–H groups in total. The molecule has 3 aromatic rings. The SMILES string of the molecule is CCSc1ccc(C(=O)N(CC[NH+](C)C)c2nc3c(F)cccc3s2)cc1. The van der Waals surface area contributed by atoms with Crippen LogP contribution in [0.4, 0.5) is 9.52 Å². The number of quaternary nitrogens is 1. The Morgan fingerprint density at radius 2 is 1.96 bits per heavy atom. The molecule has 27 heavy (non-hydrogen) atoms. The average molecular weight is 405 g/mol. The van der Waals surface area contributed by atoms with Crippen LogP contribution >= 0.6 is 23.1 Å². The second-order valence-electron chi connectivity index (χ2n) is 6.45. The lowest BCUT2D eigenvalue weighted by Crippen LogP contribution is -3.06. The molecule has 0 unspecified atom stereocenters. The molecule has 0 aliphatic carbocycles. The molecule has 3 rings (SSSR count). The number of thioether (sulfide) groups is 1. The molecule has 4 nitrogen and oxygen atoms in total. The first-order chi connectivity index (χ1) is 13.0. The van der Waals surface area contributed by atoms with Gasteiger partial charge in [-0.25, -0.2) is 9.37 Å². The standard InChI is InChI=1S/C20H22FN3OS2/c1-4-26-15-10-8-14(9-11-15)19(25)24(13-12-23(2)3)20-22-18-16(21)6-5-7-17(18)27-20/h5-11H,4,12-13H2,1-3H3/p+1. The fourth-order valence-electron chi connectivity index (χ4n) is 2.65. The molecule has 0 saturated carbocycles. The Hall–Kier alpha value is -1.96. The van der Waals surface area contributed by atoms with E-state index in [9.17, 15) is 9.18 Å². The highest BCUT2D eigenvalue weighted by molar-refractivity contribution is 7.99. The van der Waals surface area contributed by atoms with Crippen molar-refractivity contribution in [2.24, 2.45) is 0 Å². The van der Waals surface area contributed by atoms with Gasteiger partial charge in [0, 0.05) is 10.5 Å². The molecule has 7 heteroatoms. The maximum Gasteiger partial charge on any atom is 0.260 e. The number of nitrogens with zero attached hydrogens (tertiary/aromatic N) is 2. The third kappa shape index (κ3) is 4.66. The maximum absolute atomic E-state index is 14.1. The van der Waals surface area contributed by atoms with E-state index in [4.69, 9.17) is 0 Å². The summed E-state index contributed by atoms with van der Waals surface area (Å²) in [5.74, 6) is 0.521. The summed E-state index contributed by atoms with van der Waals surface area (Å²) >= 11 is 3.09. The van der Waals surface area contributed by atoms with Crippen molar-refractivity contribution in [2.45, 2.75) is 11.8 Å². The Morgan fingerprint density at radius 3 is 2.59 bits per heavy atom. The molecule has 0 spiro atoms. The van der Waals surface area contributed by atoms with E-state index >= 15 is 0 Å². The quantitative estimate of drug-likeness (QED) is 0.614. The fourth-order valence-corrected chi connectivity index (χ4v) is 4.32. The molecule has 0 aliphatic heterocycles. The van der Waals surface area contributed by atoms with Crippen LogP contribution in [0.2, 0.25) is 0 Å². The summed E-state index contributed by atoms with van der Waals surface area (Å²) in [5.41, 5.74) is 0.936. The highest BCUT2D eigenvalue weighted by Crippen LogP contribution is 2.31. The van der Waals surface area contributed by atoms with Crippen LogP contribution in [-0.2, 0) is 0 Å². The molecule has 1 heterocycles. The molecular formula is C20H23FN3OS2+. The number of hydrogen-bond acceptors (Lipinski definition) is 4. The molecular weight excluding hydrogens is 381 g/mol. The molecule has 0 saturated heterocycles. The lowest BCUT2D eigenvalue weighted by atomic mass is 10.2. The lowest BCUT2D eigenvalue weighted by Gasteiger charge is -2.20. The molecule has 0 bridgehead atoms. The smallest absolute Gasteiger partial charge is 0.260 e. The van der Waals surface area contributed by atoms with Crippen molar-refractivity contribution in [3.8, 4) is 0 Å². The largest absolute Gasteiger partial charge is 0.338 e. The van der Waals surface area contributed by atoms with E-state index in [1.807, 2.05) is 44.4 Å². The number of likely N-dealkylation sites (N-methyl/N-ethyl adjacent to an activating group) is 1. The Balaban J connectivity index is 1.93. The first-order valence-electron chi connectivity index (χ1n) is 8.88. The summed E-state index contributed by atoms with van der Waals surface area (Å²) in [4.78, 5) is 21.6. The number of para-hydroxylation sites is 1. The molecule has 2 aromatic carbocycles. The monoisotopic (exact) mass is 404 g/mol. The van der Waals surface area contributed by atoms with Crippen molar-refractivity contribution in [3.05, 3.63) is 53.8 Å². The molecule has 0 fully saturated rings. The zero-order valence-corrected chi connectivity index (χ0v) is 17.3. The van der Waals surface area contributed by atoms with Gasteiger partial charge >= 0.3 is 0 Å². The van der Waals surface area contributed by atoms with E-state index in [0.29, 0.717) is 22.8 Å². The van der Waals surface area contributed by atoms with Crippen LogP contribution in [0.5, 0.6) is 0 Å². The van der Waals surface area contributed by atoms with Crippen molar-refractivity contribution in [1.82, 2.24) is 4.98 Å². The number of carbonyl (C=O) groups is 1. The van der Waals surface area contributed by atoms with E-state index in [2.05, 4.69) is 11.9 Å². The third-order valence-corrected chi connectivity index (χ3v) is 6.02. The van der Waals surface area contributed by atoms with Crippen molar-refractivity contribution >= 4 is 44.4 Å². The average Bonchev–Trinajstić information content (AvgIpc) is 3.08. The molecule has 1 amide bonds. The zero-order valence-electron chi connectivity index (χ0n) is 15.7. The summed E-state index contributed by atoms with van der Waals surface area (Å²) in [5, 5.41) is 0.536.